The van der Waals surface area contributed by atoms with E-state index in [0.717, 1.165) is 30.0 Å². The van der Waals surface area contributed by atoms with Crippen LogP contribution in [0.15, 0.2) is 36.8 Å². The Hall–Kier alpha value is -2.01. The summed E-state index contributed by atoms with van der Waals surface area (Å²) < 4.78 is 0. The lowest BCUT2D eigenvalue weighted by molar-refractivity contribution is 0.810. The predicted molar refractivity (Wildman–Crippen MR) is 85.8 cm³/mol. The molecule has 4 nitrogen and oxygen atoms in total. The highest BCUT2D eigenvalue weighted by atomic mass is 32.1. The van der Waals surface area contributed by atoms with Crippen molar-refractivity contribution in [2.75, 3.05) is 11.4 Å². The van der Waals surface area contributed by atoms with Crippen molar-refractivity contribution >= 4 is 23.0 Å². The van der Waals surface area contributed by atoms with E-state index >= 15 is 0 Å². The van der Waals surface area contributed by atoms with Gasteiger partial charge in [0.1, 0.15) is 10.8 Å². The van der Waals surface area contributed by atoms with Gasteiger partial charge in [-0.15, -0.1) is 0 Å². The second-order valence-electron chi connectivity index (χ2n) is 4.56. The predicted octanol–water partition coefficient (Wildman–Crippen LogP) is 2.45. The molecular formula is C15H18N4S. The minimum atomic E-state index is 0.388. The zero-order valence-corrected chi connectivity index (χ0v) is 12.5. The van der Waals surface area contributed by atoms with Crippen LogP contribution in [0.4, 0.5) is 5.82 Å². The van der Waals surface area contributed by atoms with Gasteiger partial charge >= 0.3 is 0 Å². The Labute approximate surface area is 124 Å². The first kappa shape index (κ1) is 14.4. The topological polar surface area (TPSA) is 55.0 Å². The normalized spacial score (nSPS) is 10.3. The highest BCUT2D eigenvalue weighted by Gasteiger charge is 2.15. The quantitative estimate of drug-likeness (QED) is 0.856. The van der Waals surface area contributed by atoms with Crippen LogP contribution in [0.1, 0.15) is 23.6 Å². The van der Waals surface area contributed by atoms with Gasteiger partial charge < -0.3 is 10.6 Å². The fourth-order valence-corrected chi connectivity index (χ4v) is 2.39. The molecule has 0 aliphatic rings. The van der Waals surface area contributed by atoms with Crippen molar-refractivity contribution < 1.29 is 0 Å². The Morgan fingerprint density at radius 2 is 1.95 bits per heavy atom. The van der Waals surface area contributed by atoms with E-state index in [1.807, 2.05) is 25.1 Å². The van der Waals surface area contributed by atoms with Gasteiger partial charge in [0.2, 0.25) is 0 Å². The highest BCUT2D eigenvalue weighted by Crippen LogP contribution is 2.22. The molecule has 0 amide bonds. The molecule has 0 atom stereocenters. The number of anilines is 1. The van der Waals surface area contributed by atoms with E-state index in [2.05, 4.69) is 21.8 Å². The first-order valence-corrected chi connectivity index (χ1v) is 6.93. The number of nitrogens with two attached hydrogens (primary N) is 1. The summed E-state index contributed by atoms with van der Waals surface area (Å²) in [7, 11) is 0. The molecule has 0 saturated heterocycles. The summed E-state index contributed by atoms with van der Waals surface area (Å²) in [5, 5.41) is 0. The average Bonchev–Trinajstić information content (AvgIpc) is 2.45. The molecule has 0 saturated carbocycles. The maximum absolute atomic E-state index is 5.86. The molecule has 0 unspecified atom stereocenters. The number of pyridine rings is 2. The minimum absolute atomic E-state index is 0.388. The summed E-state index contributed by atoms with van der Waals surface area (Å²) in [6, 6.07) is 5.93. The molecule has 5 heteroatoms. The number of rotatable bonds is 5. The molecule has 2 rings (SSSR count). The maximum atomic E-state index is 5.86. The molecule has 0 radical (unpaired) electrons. The Kier molecular flexibility index (Phi) is 4.63. The molecule has 0 spiro atoms. The van der Waals surface area contributed by atoms with Gasteiger partial charge in [0, 0.05) is 31.7 Å². The molecule has 2 aromatic rings. The zero-order chi connectivity index (χ0) is 14.5. The summed E-state index contributed by atoms with van der Waals surface area (Å²) in [5.41, 5.74) is 8.95. The summed E-state index contributed by atoms with van der Waals surface area (Å²) >= 11 is 5.17. The van der Waals surface area contributed by atoms with E-state index in [1.165, 1.54) is 5.56 Å². The summed E-state index contributed by atoms with van der Waals surface area (Å²) in [4.78, 5) is 11.1. The van der Waals surface area contributed by atoms with Gasteiger partial charge in [0.05, 0.1) is 5.56 Å². The van der Waals surface area contributed by atoms with E-state index in [9.17, 15) is 0 Å². The lowest BCUT2D eigenvalue weighted by Crippen LogP contribution is -2.27. The molecule has 2 heterocycles. The summed E-state index contributed by atoms with van der Waals surface area (Å²) in [6.45, 7) is 5.67. The number of nitrogens with zero attached hydrogens (tertiary/aromatic N) is 3. The fourth-order valence-electron chi connectivity index (χ4n) is 2.13. The summed E-state index contributed by atoms with van der Waals surface area (Å²) in [5.74, 6) is 0.844. The first-order valence-electron chi connectivity index (χ1n) is 6.52. The fraction of sp³-hybridized carbons (Fsp3) is 0.267. The summed E-state index contributed by atoms with van der Waals surface area (Å²) in [6.07, 6.45) is 5.38. The van der Waals surface area contributed by atoms with Crippen molar-refractivity contribution in [2.45, 2.75) is 20.4 Å². The molecule has 2 aromatic heterocycles. The van der Waals surface area contributed by atoms with Gasteiger partial charge in [-0.05, 0) is 43.2 Å². The Bertz CT molecular complexity index is 598. The van der Waals surface area contributed by atoms with Crippen LogP contribution in [0.25, 0.3) is 0 Å². The van der Waals surface area contributed by atoms with Crippen LogP contribution in [-0.4, -0.2) is 21.5 Å². The maximum Gasteiger partial charge on any atom is 0.139 e. The highest BCUT2D eigenvalue weighted by molar-refractivity contribution is 7.80. The number of hydrogen-bond donors (Lipinski definition) is 1. The van der Waals surface area contributed by atoms with E-state index in [0.29, 0.717) is 4.99 Å². The third-order valence-electron chi connectivity index (χ3n) is 3.19. The van der Waals surface area contributed by atoms with Gasteiger partial charge in [-0.1, -0.05) is 12.2 Å². The molecule has 20 heavy (non-hydrogen) atoms. The van der Waals surface area contributed by atoms with Gasteiger partial charge in [0.25, 0.3) is 0 Å². The molecule has 0 bridgehead atoms. The number of aryl methyl sites for hydroxylation is 1. The van der Waals surface area contributed by atoms with Crippen LogP contribution in [0.3, 0.4) is 0 Å². The van der Waals surface area contributed by atoms with Gasteiger partial charge in [-0.2, -0.15) is 0 Å². The van der Waals surface area contributed by atoms with Crippen LogP contribution in [0.2, 0.25) is 0 Å². The molecular weight excluding hydrogens is 268 g/mol. The van der Waals surface area contributed by atoms with E-state index in [1.54, 1.807) is 18.6 Å². The second kappa shape index (κ2) is 6.43. The molecule has 0 aromatic carbocycles. The zero-order valence-electron chi connectivity index (χ0n) is 11.7. The van der Waals surface area contributed by atoms with Crippen LogP contribution >= 0.6 is 12.2 Å². The average molecular weight is 286 g/mol. The van der Waals surface area contributed by atoms with Crippen molar-refractivity contribution in [3.8, 4) is 0 Å². The third kappa shape index (κ3) is 3.11. The molecule has 0 fully saturated rings. The number of hydrogen-bond acceptors (Lipinski definition) is 4. The molecule has 104 valence electrons. The SMILES string of the molecule is CCN(Cc1ccncc1)c1nccc(C)c1C(N)=S. The van der Waals surface area contributed by atoms with Crippen molar-refractivity contribution in [3.05, 3.63) is 53.5 Å². The number of aromatic nitrogens is 2. The smallest absolute Gasteiger partial charge is 0.139 e. The van der Waals surface area contributed by atoms with Crippen LogP contribution < -0.4 is 10.6 Å². The van der Waals surface area contributed by atoms with Gasteiger partial charge in [0.15, 0.2) is 0 Å². The monoisotopic (exact) mass is 286 g/mol. The van der Waals surface area contributed by atoms with Crippen LogP contribution in [-0.2, 0) is 6.54 Å². The Morgan fingerprint density at radius 1 is 1.25 bits per heavy atom. The minimum Gasteiger partial charge on any atom is -0.389 e. The lowest BCUT2D eigenvalue weighted by Gasteiger charge is -2.25. The lowest BCUT2D eigenvalue weighted by atomic mass is 10.1. The molecule has 0 aliphatic heterocycles. The molecule has 2 N–H and O–H groups in total. The van der Waals surface area contributed by atoms with Crippen molar-refractivity contribution in [3.63, 3.8) is 0 Å². The van der Waals surface area contributed by atoms with E-state index < -0.39 is 0 Å². The Morgan fingerprint density at radius 3 is 2.55 bits per heavy atom. The van der Waals surface area contributed by atoms with E-state index in [-0.39, 0.29) is 0 Å². The van der Waals surface area contributed by atoms with E-state index in [4.69, 9.17) is 18.0 Å². The van der Waals surface area contributed by atoms with Crippen LogP contribution in [0, 0.1) is 6.92 Å². The first-order chi connectivity index (χ1) is 9.63. The molecule has 0 aliphatic carbocycles. The van der Waals surface area contributed by atoms with Gasteiger partial charge in [-0.25, -0.2) is 4.98 Å². The van der Waals surface area contributed by atoms with Crippen molar-refractivity contribution in [1.29, 1.82) is 0 Å². The second-order valence-corrected chi connectivity index (χ2v) is 5.00. The largest absolute Gasteiger partial charge is 0.389 e. The van der Waals surface area contributed by atoms with Gasteiger partial charge in [-0.3, -0.25) is 4.98 Å². The standard InChI is InChI=1S/C15H18N4S/c1-3-19(10-12-5-7-17-8-6-12)15-13(14(16)20)11(2)4-9-18-15/h4-9H,3,10H2,1-2H3,(H2,16,20). The van der Waals surface area contributed by atoms with Crippen molar-refractivity contribution in [2.24, 2.45) is 5.73 Å². The number of thiocarbonyl (C=S) groups is 1. The van der Waals surface area contributed by atoms with Crippen molar-refractivity contribution in [1.82, 2.24) is 9.97 Å². The Balaban J connectivity index is 2.37. The third-order valence-corrected chi connectivity index (χ3v) is 3.39. The van der Waals surface area contributed by atoms with Crippen LogP contribution in [0.5, 0.6) is 0 Å².